The smallest absolute Gasteiger partial charge is 0.255 e. The van der Waals surface area contributed by atoms with Gasteiger partial charge in [-0.25, -0.2) is 0 Å². The lowest BCUT2D eigenvalue weighted by molar-refractivity contribution is 0.0193. The number of fused-ring (bicyclic) bond motifs is 2. The Morgan fingerprint density at radius 1 is 0.955 bits per heavy atom. The zero-order valence-electron chi connectivity index (χ0n) is 27.5. The number of benzene rings is 2. The number of rotatable bonds is 10. The second-order valence-electron chi connectivity index (χ2n) is 13.2. The van der Waals surface area contributed by atoms with E-state index in [1.807, 2.05) is 0 Å². The number of morpholine rings is 1. The fraction of sp³-hybridized carbons (Fsp3) is 0.553. The summed E-state index contributed by atoms with van der Waals surface area (Å²) in [5, 5.41) is 3.56. The molecule has 0 saturated carbocycles. The Hall–Kier alpha value is -2.93. The fourth-order valence-electron chi connectivity index (χ4n) is 7.72. The molecule has 0 bridgehead atoms. The van der Waals surface area contributed by atoms with Crippen molar-refractivity contribution in [2.24, 2.45) is 7.05 Å². The number of carbonyl (C=O) groups is 1. The third-order valence-electron chi connectivity index (χ3n) is 10.4. The molecule has 3 aromatic rings. The molecule has 1 saturated heterocycles. The molecule has 0 aliphatic carbocycles. The van der Waals surface area contributed by atoms with Gasteiger partial charge in [-0.1, -0.05) is 51.0 Å². The number of aromatic nitrogens is 1. The highest BCUT2D eigenvalue weighted by Gasteiger charge is 2.34. The Morgan fingerprint density at radius 2 is 1.68 bits per heavy atom. The summed E-state index contributed by atoms with van der Waals surface area (Å²) >= 11 is 0. The lowest BCUT2D eigenvalue weighted by atomic mass is 9.88. The minimum absolute atomic E-state index is 0.132. The van der Waals surface area contributed by atoms with Crippen LogP contribution in [0.3, 0.4) is 0 Å². The van der Waals surface area contributed by atoms with Gasteiger partial charge in [-0.2, -0.15) is 0 Å². The first-order valence-corrected chi connectivity index (χ1v) is 17.2. The van der Waals surface area contributed by atoms with E-state index in [0.29, 0.717) is 6.54 Å². The van der Waals surface area contributed by atoms with Crippen LogP contribution >= 0.6 is 0 Å². The van der Waals surface area contributed by atoms with E-state index in [1.54, 1.807) is 0 Å². The van der Waals surface area contributed by atoms with Crippen molar-refractivity contribution in [3.63, 3.8) is 0 Å². The van der Waals surface area contributed by atoms with Crippen molar-refractivity contribution in [2.45, 2.75) is 91.3 Å². The average Bonchev–Trinajstić information content (AvgIpc) is 3.29. The summed E-state index contributed by atoms with van der Waals surface area (Å²) in [7, 11) is 2.23. The number of amides is 1. The molecule has 3 aliphatic rings. The topological polar surface area (TPSA) is 49.7 Å². The maximum atomic E-state index is 15.1. The number of ether oxygens (including phenoxy) is 1. The summed E-state index contributed by atoms with van der Waals surface area (Å²) < 4.78 is 8.07. The first-order valence-electron chi connectivity index (χ1n) is 17.2. The molecule has 6 rings (SSSR count). The highest BCUT2D eigenvalue weighted by Crippen LogP contribution is 2.38. The van der Waals surface area contributed by atoms with Gasteiger partial charge in [0.15, 0.2) is 0 Å². The molecule has 3 aliphatic heterocycles. The lowest BCUT2D eigenvalue weighted by Crippen LogP contribution is -2.52. The van der Waals surface area contributed by atoms with E-state index in [2.05, 4.69) is 83.9 Å². The van der Waals surface area contributed by atoms with Gasteiger partial charge in [-0.05, 0) is 97.5 Å². The van der Waals surface area contributed by atoms with Gasteiger partial charge in [0.2, 0.25) is 0 Å². The second-order valence-corrected chi connectivity index (χ2v) is 13.2. The van der Waals surface area contributed by atoms with Gasteiger partial charge in [-0.15, -0.1) is 0 Å². The molecule has 0 spiro atoms. The van der Waals surface area contributed by atoms with Gasteiger partial charge in [-0.3, -0.25) is 9.69 Å². The standard InChI is InChI=1S/C38H52N4O2/c1-5-7-13-33-27(3)40(4)37(34(33)14-8-6-2)35-22-29-15-16-39-24-31(29)23-36(35)38(43)42-25-30-12-10-9-11-28(30)21-32(42)26-41-17-19-44-20-18-41/h9-12,22-23,32,39H,5-8,13-21,24-26H2,1-4H3/t32-/m0/s1. The molecule has 44 heavy (non-hydrogen) atoms. The molecular formula is C38H52N4O2. The van der Waals surface area contributed by atoms with Gasteiger partial charge in [0, 0.05) is 62.6 Å². The van der Waals surface area contributed by atoms with Crippen LogP contribution in [-0.4, -0.2) is 65.7 Å². The molecule has 0 unspecified atom stereocenters. The lowest BCUT2D eigenvalue weighted by Gasteiger charge is -2.41. The van der Waals surface area contributed by atoms with Gasteiger partial charge >= 0.3 is 0 Å². The van der Waals surface area contributed by atoms with Crippen LogP contribution in [0.15, 0.2) is 36.4 Å². The van der Waals surface area contributed by atoms with Crippen LogP contribution in [0.2, 0.25) is 0 Å². The zero-order valence-corrected chi connectivity index (χ0v) is 27.5. The number of nitrogens with zero attached hydrogens (tertiary/aromatic N) is 3. The molecule has 1 aromatic heterocycles. The van der Waals surface area contributed by atoms with Crippen molar-refractivity contribution < 1.29 is 9.53 Å². The van der Waals surface area contributed by atoms with Crippen molar-refractivity contribution in [2.75, 3.05) is 39.4 Å². The first kappa shape index (κ1) is 31.1. The van der Waals surface area contributed by atoms with Crippen molar-refractivity contribution in [1.82, 2.24) is 19.7 Å². The summed E-state index contributed by atoms with van der Waals surface area (Å²) in [6, 6.07) is 13.5. The Balaban J connectivity index is 1.47. The summed E-state index contributed by atoms with van der Waals surface area (Å²) in [4.78, 5) is 19.8. The highest BCUT2D eigenvalue weighted by molar-refractivity contribution is 6.02. The van der Waals surface area contributed by atoms with Gasteiger partial charge in [0.05, 0.1) is 18.9 Å². The number of nitrogens with one attached hydrogen (secondary N) is 1. The fourth-order valence-corrected chi connectivity index (χ4v) is 7.72. The number of hydrogen-bond acceptors (Lipinski definition) is 4. The molecular weight excluding hydrogens is 544 g/mol. The average molecular weight is 597 g/mol. The third-order valence-corrected chi connectivity index (χ3v) is 10.4. The van der Waals surface area contributed by atoms with Crippen LogP contribution in [0.4, 0.5) is 0 Å². The minimum Gasteiger partial charge on any atom is -0.379 e. The summed E-state index contributed by atoms with van der Waals surface area (Å²) in [6.45, 7) is 13.6. The zero-order chi connectivity index (χ0) is 30.6. The van der Waals surface area contributed by atoms with Crippen LogP contribution in [0.25, 0.3) is 11.3 Å². The molecule has 1 atom stereocenters. The van der Waals surface area contributed by atoms with Crippen molar-refractivity contribution in [3.8, 4) is 11.3 Å². The molecule has 6 nitrogen and oxygen atoms in total. The molecule has 1 amide bonds. The Kier molecular flexibility index (Phi) is 9.89. The second kappa shape index (κ2) is 14.0. The summed E-state index contributed by atoms with van der Waals surface area (Å²) in [5.41, 5.74) is 12.9. The number of hydrogen-bond donors (Lipinski definition) is 1. The van der Waals surface area contributed by atoms with Crippen molar-refractivity contribution in [1.29, 1.82) is 0 Å². The molecule has 1 N–H and O–H groups in total. The maximum Gasteiger partial charge on any atom is 0.255 e. The normalized spacial score (nSPS) is 18.7. The molecule has 236 valence electrons. The number of unbranched alkanes of at least 4 members (excludes halogenated alkanes) is 2. The van der Waals surface area contributed by atoms with Gasteiger partial charge in [0.1, 0.15) is 0 Å². The number of carbonyl (C=O) groups excluding carboxylic acids is 1. The minimum atomic E-state index is 0.132. The largest absolute Gasteiger partial charge is 0.379 e. The molecule has 6 heteroatoms. The first-order chi connectivity index (χ1) is 21.5. The Morgan fingerprint density at radius 3 is 2.43 bits per heavy atom. The van der Waals surface area contributed by atoms with Gasteiger partial charge < -0.3 is 19.5 Å². The summed E-state index contributed by atoms with van der Waals surface area (Å²) in [5.74, 6) is 0.177. The van der Waals surface area contributed by atoms with Crippen molar-refractivity contribution >= 4 is 5.91 Å². The Bertz CT molecular complexity index is 1470. The van der Waals surface area contributed by atoms with E-state index in [-0.39, 0.29) is 11.9 Å². The van der Waals surface area contributed by atoms with E-state index in [0.717, 1.165) is 89.2 Å². The predicted octanol–water partition coefficient (Wildman–Crippen LogP) is 6.23. The molecule has 2 aromatic carbocycles. The highest BCUT2D eigenvalue weighted by atomic mass is 16.5. The monoisotopic (exact) mass is 596 g/mol. The van der Waals surface area contributed by atoms with Crippen LogP contribution in [-0.2, 0) is 50.6 Å². The van der Waals surface area contributed by atoms with E-state index < -0.39 is 0 Å². The van der Waals surface area contributed by atoms with Crippen LogP contribution in [0, 0.1) is 6.92 Å². The molecule has 0 radical (unpaired) electrons. The third kappa shape index (κ3) is 6.27. The van der Waals surface area contributed by atoms with Crippen molar-refractivity contribution in [3.05, 3.63) is 81.0 Å². The maximum absolute atomic E-state index is 15.1. The molecule has 1 fully saturated rings. The van der Waals surface area contributed by atoms with Crippen LogP contribution in [0.5, 0.6) is 0 Å². The van der Waals surface area contributed by atoms with E-state index in [1.165, 1.54) is 64.0 Å². The molecule has 4 heterocycles. The van der Waals surface area contributed by atoms with Crippen LogP contribution < -0.4 is 5.32 Å². The van der Waals surface area contributed by atoms with Crippen LogP contribution in [0.1, 0.15) is 89.0 Å². The Labute approximate surface area is 264 Å². The predicted molar refractivity (Wildman–Crippen MR) is 179 cm³/mol. The van der Waals surface area contributed by atoms with E-state index in [4.69, 9.17) is 4.74 Å². The quantitative estimate of drug-likeness (QED) is 0.302. The van der Waals surface area contributed by atoms with Gasteiger partial charge in [0.25, 0.3) is 5.91 Å². The summed E-state index contributed by atoms with van der Waals surface area (Å²) in [6.07, 6.45) is 8.79. The SMILES string of the molecule is CCCCc1c(CCCC)c(-c2cc3c(cc2C(=O)N2Cc4ccccc4C[C@H]2CN2CCOCC2)CNCC3)n(C)c1C. The van der Waals surface area contributed by atoms with E-state index >= 15 is 4.79 Å². The van der Waals surface area contributed by atoms with E-state index in [9.17, 15) is 0 Å².